The van der Waals surface area contributed by atoms with E-state index in [0.717, 1.165) is 34.3 Å². The largest absolute Gasteiger partial charge is 0.351 e. The highest BCUT2D eigenvalue weighted by Crippen LogP contribution is 2.29. The maximum atomic E-state index is 4.46. The molecule has 1 aliphatic rings. The van der Waals surface area contributed by atoms with Gasteiger partial charge in [-0.2, -0.15) is 0 Å². The van der Waals surface area contributed by atoms with Gasteiger partial charge in [-0.05, 0) is 57.7 Å². The molecule has 3 rings (SSSR count). The molecule has 92 valence electrons. The third kappa shape index (κ3) is 2.31. The third-order valence-electron chi connectivity index (χ3n) is 3.22. The van der Waals surface area contributed by atoms with Crippen LogP contribution in [0.1, 0.15) is 11.1 Å². The lowest BCUT2D eigenvalue weighted by molar-refractivity contribution is 0.718. The Balaban J connectivity index is 1.93. The van der Waals surface area contributed by atoms with E-state index in [1.54, 1.807) is 0 Å². The molecule has 0 amide bonds. The van der Waals surface area contributed by atoms with Crippen molar-refractivity contribution in [1.29, 1.82) is 0 Å². The second-order valence-electron chi connectivity index (χ2n) is 4.39. The van der Waals surface area contributed by atoms with Gasteiger partial charge in [0.25, 0.3) is 0 Å². The Bertz CT molecular complexity index is 584. The van der Waals surface area contributed by atoms with Gasteiger partial charge in [0.1, 0.15) is 5.82 Å². The summed E-state index contributed by atoms with van der Waals surface area (Å²) in [5.74, 6) is 1.03. The van der Waals surface area contributed by atoms with Crippen LogP contribution in [0.25, 0.3) is 0 Å². The molecule has 1 aromatic heterocycles. The summed E-state index contributed by atoms with van der Waals surface area (Å²) < 4.78 is 2.20. The molecule has 0 bridgehead atoms. The van der Waals surface area contributed by atoms with Crippen molar-refractivity contribution in [3.05, 3.63) is 56.6 Å². The number of halogens is 2. The molecule has 2 aromatic rings. The maximum absolute atomic E-state index is 4.46. The number of benzene rings is 1. The number of nitrogens with zero attached hydrogens (tertiary/aromatic N) is 2. The molecule has 0 spiro atoms. The lowest BCUT2D eigenvalue weighted by Gasteiger charge is -2.30. The average Bonchev–Trinajstić information content (AvgIpc) is 2.38. The Hall–Kier alpha value is -0.870. The van der Waals surface area contributed by atoms with Crippen molar-refractivity contribution in [3.8, 4) is 0 Å². The van der Waals surface area contributed by atoms with Gasteiger partial charge in [0.15, 0.2) is 0 Å². The van der Waals surface area contributed by atoms with Crippen molar-refractivity contribution in [3.63, 3.8) is 0 Å². The van der Waals surface area contributed by atoms with E-state index >= 15 is 0 Å². The Kier molecular flexibility index (Phi) is 3.39. The van der Waals surface area contributed by atoms with Crippen LogP contribution in [0.5, 0.6) is 0 Å². The zero-order chi connectivity index (χ0) is 12.5. The molecule has 0 radical (unpaired) electrons. The Morgan fingerprint density at radius 1 is 1.11 bits per heavy atom. The molecule has 0 fully saturated rings. The fourth-order valence-electron chi connectivity index (χ4n) is 2.32. The molecule has 0 aliphatic carbocycles. The number of fused-ring (bicyclic) bond motifs is 1. The van der Waals surface area contributed by atoms with Crippen LogP contribution in [-0.2, 0) is 13.0 Å². The summed E-state index contributed by atoms with van der Waals surface area (Å²) in [6, 6.07) is 10.5. The van der Waals surface area contributed by atoms with Crippen LogP contribution < -0.4 is 4.90 Å². The van der Waals surface area contributed by atoms with Crippen molar-refractivity contribution in [2.24, 2.45) is 0 Å². The van der Waals surface area contributed by atoms with Crippen LogP contribution in [0, 0.1) is 0 Å². The second-order valence-corrected chi connectivity index (χ2v) is 6.16. The molecule has 18 heavy (non-hydrogen) atoms. The van der Waals surface area contributed by atoms with E-state index in [9.17, 15) is 0 Å². The van der Waals surface area contributed by atoms with E-state index < -0.39 is 0 Å². The quantitative estimate of drug-likeness (QED) is 0.751. The molecular formula is C14H12Br2N2. The van der Waals surface area contributed by atoms with Gasteiger partial charge >= 0.3 is 0 Å². The number of hydrogen-bond acceptors (Lipinski definition) is 2. The van der Waals surface area contributed by atoms with Gasteiger partial charge in [-0.25, -0.2) is 4.98 Å². The van der Waals surface area contributed by atoms with Crippen LogP contribution in [0.4, 0.5) is 5.82 Å². The predicted octanol–water partition coefficient (Wildman–Crippen LogP) is 4.17. The zero-order valence-corrected chi connectivity index (χ0v) is 12.9. The van der Waals surface area contributed by atoms with Gasteiger partial charge < -0.3 is 4.90 Å². The van der Waals surface area contributed by atoms with E-state index in [4.69, 9.17) is 0 Å². The van der Waals surface area contributed by atoms with E-state index in [-0.39, 0.29) is 0 Å². The molecule has 4 heteroatoms. The topological polar surface area (TPSA) is 16.1 Å². The van der Waals surface area contributed by atoms with Gasteiger partial charge in [-0.3, -0.25) is 0 Å². The summed E-state index contributed by atoms with van der Waals surface area (Å²) in [4.78, 5) is 6.78. The van der Waals surface area contributed by atoms with Crippen LogP contribution in [0.3, 0.4) is 0 Å². The molecule has 0 saturated carbocycles. The van der Waals surface area contributed by atoms with Crippen LogP contribution in [0.2, 0.25) is 0 Å². The molecule has 0 unspecified atom stereocenters. The molecular weight excluding hydrogens is 356 g/mol. The lowest BCUT2D eigenvalue weighted by Crippen LogP contribution is -2.31. The number of hydrogen-bond donors (Lipinski definition) is 0. The van der Waals surface area contributed by atoms with Crippen LogP contribution >= 0.6 is 31.9 Å². The molecule has 2 nitrogen and oxygen atoms in total. The predicted molar refractivity (Wildman–Crippen MR) is 80.8 cm³/mol. The standard InChI is InChI=1S/C14H12Br2N2/c15-12-4-3-10-5-7-18(9-11(10)8-12)14-13(16)2-1-6-17-14/h1-4,6,8H,5,7,9H2. The normalized spacial score (nSPS) is 14.4. The Labute approximate surface area is 123 Å². The molecule has 0 atom stereocenters. The van der Waals surface area contributed by atoms with E-state index in [0.29, 0.717) is 0 Å². The minimum Gasteiger partial charge on any atom is -0.351 e. The molecule has 1 aliphatic heterocycles. The van der Waals surface area contributed by atoms with E-state index in [1.165, 1.54) is 11.1 Å². The van der Waals surface area contributed by atoms with Crippen LogP contribution in [0.15, 0.2) is 45.5 Å². The Morgan fingerprint density at radius 3 is 2.83 bits per heavy atom. The maximum Gasteiger partial charge on any atom is 0.143 e. The van der Waals surface area contributed by atoms with Crippen molar-refractivity contribution < 1.29 is 0 Å². The van der Waals surface area contributed by atoms with Crippen molar-refractivity contribution >= 4 is 37.7 Å². The van der Waals surface area contributed by atoms with Crippen molar-refractivity contribution in [2.75, 3.05) is 11.4 Å². The first-order valence-electron chi connectivity index (χ1n) is 5.87. The lowest BCUT2D eigenvalue weighted by atomic mass is 10.00. The third-order valence-corrected chi connectivity index (χ3v) is 4.33. The summed E-state index contributed by atoms with van der Waals surface area (Å²) in [6.07, 6.45) is 2.92. The minimum atomic E-state index is 0.921. The van der Waals surface area contributed by atoms with Crippen molar-refractivity contribution in [1.82, 2.24) is 4.98 Å². The van der Waals surface area contributed by atoms with Crippen molar-refractivity contribution in [2.45, 2.75) is 13.0 Å². The first kappa shape index (κ1) is 12.2. The number of aromatic nitrogens is 1. The minimum absolute atomic E-state index is 0.921. The number of pyridine rings is 1. The highest BCUT2D eigenvalue weighted by atomic mass is 79.9. The summed E-state index contributed by atoms with van der Waals surface area (Å²) >= 11 is 7.11. The summed E-state index contributed by atoms with van der Waals surface area (Å²) in [5.41, 5.74) is 2.83. The van der Waals surface area contributed by atoms with Gasteiger partial charge in [-0.15, -0.1) is 0 Å². The fourth-order valence-corrected chi connectivity index (χ4v) is 3.23. The first-order valence-corrected chi connectivity index (χ1v) is 7.45. The Morgan fingerprint density at radius 2 is 2.00 bits per heavy atom. The average molecular weight is 368 g/mol. The fraction of sp³-hybridized carbons (Fsp3) is 0.214. The van der Waals surface area contributed by atoms with E-state index in [1.807, 2.05) is 18.3 Å². The smallest absolute Gasteiger partial charge is 0.143 e. The number of anilines is 1. The summed E-state index contributed by atoms with van der Waals surface area (Å²) in [5, 5.41) is 0. The van der Waals surface area contributed by atoms with Gasteiger partial charge in [0, 0.05) is 23.8 Å². The summed E-state index contributed by atoms with van der Waals surface area (Å²) in [7, 11) is 0. The number of rotatable bonds is 1. The highest BCUT2D eigenvalue weighted by molar-refractivity contribution is 9.10. The van der Waals surface area contributed by atoms with Gasteiger partial charge in [-0.1, -0.05) is 22.0 Å². The monoisotopic (exact) mass is 366 g/mol. The molecule has 1 aromatic carbocycles. The van der Waals surface area contributed by atoms with Crippen LogP contribution in [-0.4, -0.2) is 11.5 Å². The SMILES string of the molecule is Brc1ccc2c(c1)CN(c1ncccc1Br)CC2. The molecule has 0 saturated heterocycles. The van der Waals surface area contributed by atoms with E-state index in [2.05, 4.69) is 59.9 Å². The zero-order valence-electron chi connectivity index (χ0n) is 9.74. The molecule has 2 heterocycles. The highest BCUT2D eigenvalue weighted by Gasteiger charge is 2.18. The summed E-state index contributed by atoms with van der Waals surface area (Å²) in [6.45, 7) is 1.94. The van der Waals surface area contributed by atoms with Gasteiger partial charge in [0.2, 0.25) is 0 Å². The molecule has 0 N–H and O–H groups in total. The van der Waals surface area contributed by atoms with Gasteiger partial charge in [0.05, 0.1) is 4.47 Å². The second kappa shape index (κ2) is 5.02. The first-order chi connectivity index (χ1) is 8.74.